The number of anilines is 2. The number of hydrogen-bond acceptors (Lipinski definition) is 2. The molecule has 0 fully saturated rings. The predicted molar refractivity (Wildman–Crippen MR) is 137 cm³/mol. The Morgan fingerprint density at radius 3 is 1.47 bits per heavy atom. The van der Waals surface area contributed by atoms with Crippen molar-refractivity contribution in [3.8, 4) is 0 Å². The van der Waals surface area contributed by atoms with E-state index >= 15 is 0 Å². The smallest absolute Gasteiger partial charge is 0.319 e. The third-order valence-electron chi connectivity index (χ3n) is 6.26. The lowest BCUT2D eigenvalue weighted by Crippen LogP contribution is -2.34. The van der Waals surface area contributed by atoms with Gasteiger partial charge in [-0.05, 0) is 55.7 Å². The lowest BCUT2D eigenvalue weighted by molar-refractivity contribution is 0.248. The lowest BCUT2D eigenvalue weighted by atomic mass is 9.99. The Bertz CT molecular complexity index is 650. The van der Waals surface area contributed by atoms with Crippen molar-refractivity contribution in [1.82, 2.24) is 10.6 Å². The number of unbranched alkanes of at least 4 members (excludes halogenated alkanes) is 2. The first kappa shape index (κ1) is 27.8. The minimum atomic E-state index is -0.205. The van der Waals surface area contributed by atoms with E-state index in [2.05, 4.69) is 49.0 Å². The minimum Gasteiger partial charge on any atom is -0.338 e. The third kappa shape index (κ3) is 10.4. The summed E-state index contributed by atoms with van der Waals surface area (Å²) in [7, 11) is 0. The first-order valence-electron chi connectivity index (χ1n) is 12.5. The molecule has 2 unspecified atom stereocenters. The zero-order chi connectivity index (χ0) is 23.9. The molecule has 0 aliphatic heterocycles. The number of nitrogens with one attached hydrogen (secondary N) is 4. The Labute approximate surface area is 195 Å². The standard InChI is InChI=1S/C26H46N4O2/c1-7-11-13-21(9-3)17-27-25(31)29-23-16-24(20(6)15-19(23)5)30-26(32)28-18-22(10-4)14-12-8-2/h15-16,21-22H,7-14,17-18H2,1-6H3,(H2,27,29,31)(H2,28,30,32). The average molecular weight is 447 g/mol. The van der Waals surface area contributed by atoms with Crippen LogP contribution in [-0.2, 0) is 0 Å². The summed E-state index contributed by atoms with van der Waals surface area (Å²) in [6, 6.07) is 3.41. The van der Waals surface area contributed by atoms with Crippen molar-refractivity contribution in [3.05, 3.63) is 23.3 Å². The third-order valence-corrected chi connectivity index (χ3v) is 6.26. The van der Waals surface area contributed by atoms with E-state index in [1.165, 1.54) is 25.7 Å². The number of benzene rings is 1. The molecule has 0 saturated carbocycles. The van der Waals surface area contributed by atoms with Crippen LogP contribution in [0.3, 0.4) is 0 Å². The second-order valence-electron chi connectivity index (χ2n) is 8.99. The molecule has 1 aromatic carbocycles. The maximum atomic E-state index is 12.5. The lowest BCUT2D eigenvalue weighted by Gasteiger charge is -2.18. The molecule has 2 atom stereocenters. The van der Waals surface area contributed by atoms with Crippen LogP contribution in [0.25, 0.3) is 0 Å². The van der Waals surface area contributed by atoms with Gasteiger partial charge in [0.15, 0.2) is 0 Å². The Balaban J connectivity index is 2.66. The van der Waals surface area contributed by atoms with E-state index in [0.29, 0.717) is 36.3 Å². The van der Waals surface area contributed by atoms with Gasteiger partial charge in [-0.2, -0.15) is 0 Å². The van der Waals surface area contributed by atoms with E-state index in [1.54, 1.807) is 0 Å². The molecule has 0 radical (unpaired) electrons. The first-order chi connectivity index (χ1) is 15.3. The summed E-state index contributed by atoms with van der Waals surface area (Å²) in [5.41, 5.74) is 3.35. The predicted octanol–water partition coefficient (Wildman–Crippen LogP) is 6.98. The van der Waals surface area contributed by atoms with E-state index in [0.717, 1.165) is 36.8 Å². The molecular formula is C26H46N4O2. The van der Waals surface area contributed by atoms with Crippen molar-refractivity contribution in [2.24, 2.45) is 11.8 Å². The summed E-state index contributed by atoms with van der Waals surface area (Å²) in [4.78, 5) is 24.9. The van der Waals surface area contributed by atoms with Crippen molar-refractivity contribution in [3.63, 3.8) is 0 Å². The van der Waals surface area contributed by atoms with Crippen LogP contribution in [0.5, 0.6) is 0 Å². The number of amides is 4. The Hall–Kier alpha value is -2.24. The van der Waals surface area contributed by atoms with Crippen LogP contribution in [0.2, 0.25) is 0 Å². The summed E-state index contributed by atoms with van der Waals surface area (Å²) < 4.78 is 0. The molecule has 6 heteroatoms. The molecule has 0 aliphatic rings. The van der Waals surface area contributed by atoms with Crippen molar-refractivity contribution in [2.45, 2.75) is 92.9 Å². The van der Waals surface area contributed by atoms with Gasteiger partial charge in [-0.25, -0.2) is 9.59 Å². The summed E-state index contributed by atoms with van der Waals surface area (Å²) in [5.74, 6) is 1.01. The quantitative estimate of drug-likeness (QED) is 0.249. The van der Waals surface area contributed by atoms with Gasteiger partial charge in [0.1, 0.15) is 0 Å². The van der Waals surface area contributed by atoms with Crippen LogP contribution in [0.1, 0.15) is 90.2 Å². The normalized spacial score (nSPS) is 12.7. The molecule has 4 N–H and O–H groups in total. The van der Waals surface area contributed by atoms with Gasteiger partial charge in [-0.1, -0.05) is 72.3 Å². The van der Waals surface area contributed by atoms with E-state index < -0.39 is 0 Å². The van der Waals surface area contributed by atoms with Gasteiger partial charge >= 0.3 is 12.1 Å². The highest BCUT2D eigenvalue weighted by Crippen LogP contribution is 2.25. The van der Waals surface area contributed by atoms with Gasteiger partial charge < -0.3 is 21.3 Å². The average Bonchev–Trinajstić information content (AvgIpc) is 2.77. The summed E-state index contributed by atoms with van der Waals surface area (Å²) >= 11 is 0. The van der Waals surface area contributed by atoms with Gasteiger partial charge in [-0.3, -0.25) is 0 Å². The van der Waals surface area contributed by atoms with Crippen LogP contribution in [-0.4, -0.2) is 25.2 Å². The van der Waals surface area contributed by atoms with Crippen LogP contribution in [0, 0.1) is 25.7 Å². The van der Waals surface area contributed by atoms with Crippen LogP contribution in [0.15, 0.2) is 12.1 Å². The number of rotatable bonds is 14. The highest BCUT2D eigenvalue weighted by atomic mass is 16.2. The van der Waals surface area contributed by atoms with Gasteiger partial charge in [0.05, 0.1) is 0 Å². The van der Waals surface area contributed by atoms with E-state index in [-0.39, 0.29) is 12.1 Å². The summed E-state index contributed by atoms with van der Waals surface area (Å²) in [6.45, 7) is 14.0. The van der Waals surface area contributed by atoms with Crippen LogP contribution >= 0.6 is 0 Å². The van der Waals surface area contributed by atoms with Crippen LogP contribution < -0.4 is 21.3 Å². The van der Waals surface area contributed by atoms with E-state index in [1.807, 2.05) is 26.0 Å². The Kier molecular flexibility index (Phi) is 13.5. The second-order valence-corrected chi connectivity index (χ2v) is 8.99. The highest BCUT2D eigenvalue weighted by molar-refractivity contribution is 5.94. The van der Waals surface area contributed by atoms with Crippen molar-refractivity contribution >= 4 is 23.4 Å². The van der Waals surface area contributed by atoms with Crippen LogP contribution in [0.4, 0.5) is 21.0 Å². The molecule has 6 nitrogen and oxygen atoms in total. The molecule has 0 heterocycles. The molecule has 4 amide bonds. The molecular weight excluding hydrogens is 400 g/mol. The van der Waals surface area contributed by atoms with Gasteiger partial charge in [0.25, 0.3) is 0 Å². The second kappa shape index (κ2) is 15.5. The summed E-state index contributed by atoms with van der Waals surface area (Å²) in [5, 5.41) is 11.9. The van der Waals surface area contributed by atoms with E-state index in [9.17, 15) is 9.59 Å². The first-order valence-corrected chi connectivity index (χ1v) is 12.5. The van der Waals surface area contributed by atoms with Gasteiger partial charge in [0, 0.05) is 24.5 Å². The molecule has 0 saturated heterocycles. The fraction of sp³-hybridized carbons (Fsp3) is 0.692. The van der Waals surface area contributed by atoms with Crippen molar-refractivity contribution in [1.29, 1.82) is 0 Å². The molecule has 32 heavy (non-hydrogen) atoms. The maximum absolute atomic E-state index is 12.5. The van der Waals surface area contributed by atoms with E-state index in [4.69, 9.17) is 0 Å². The molecule has 0 aliphatic carbocycles. The maximum Gasteiger partial charge on any atom is 0.319 e. The van der Waals surface area contributed by atoms with Gasteiger partial charge in [-0.15, -0.1) is 0 Å². The molecule has 1 rings (SSSR count). The minimum absolute atomic E-state index is 0.205. The zero-order valence-corrected chi connectivity index (χ0v) is 21.2. The SMILES string of the molecule is CCCCC(CC)CNC(=O)Nc1cc(NC(=O)NCC(CC)CCCC)c(C)cc1C. The fourth-order valence-corrected chi connectivity index (χ4v) is 3.82. The number of carbonyl (C=O) groups is 2. The molecule has 182 valence electrons. The number of aryl methyl sites for hydroxylation is 2. The monoisotopic (exact) mass is 446 g/mol. The number of hydrogen-bond donors (Lipinski definition) is 4. The molecule has 0 spiro atoms. The summed E-state index contributed by atoms with van der Waals surface area (Å²) in [6.07, 6.45) is 9.11. The molecule has 0 aromatic heterocycles. The van der Waals surface area contributed by atoms with Crippen molar-refractivity contribution < 1.29 is 9.59 Å². The Morgan fingerprint density at radius 1 is 0.719 bits per heavy atom. The highest BCUT2D eigenvalue weighted by Gasteiger charge is 2.13. The Morgan fingerprint density at radius 2 is 1.12 bits per heavy atom. The largest absolute Gasteiger partial charge is 0.338 e. The number of carbonyl (C=O) groups excluding carboxylic acids is 2. The van der Waals surface area contributed by atoms with Gasteiger partial charge in [0.2, 0.25) is 0 Å². The molecule has 1 aromatic rings. The number of urea groups is 2. The van der Waals surface area contributed by atoms with Crippen molar-refractivity contribution in [2.75, 3.05) is 23.7 Å². The molecule has 0 bridgehead atoms. The zero-order valence-electron chi connectivity index (χ0n) is 21.2. The fourth-order valence-electron chi connectivity index (χ4n) is 3.82. The topological polar surface area (TPSA) is 82.3 Å².